The average molecular weight is 487 g/mol. The van der Waals surface area contributed by atoms with Crippen molar-refractivity contribution in [3.05, 3.63) is 61.5 Å². The highest BCUT2D eigenvalue weighted by atomic mass is 35.5. The molecule has 1 aliphatic carbocycles. The van der Waals surface area contributed by atoms with Crippen LogP contribution in [-0.2, 0) is 13.0 Å². The maximum absolute atomic E-state index is 13.2. The highest BCUT2D eigenvalue weighted by molar-refractivity contribution is 6.31. The van der Waals surface area contributed by atoms with Crippen LogP contribution >= 0.6 is 11.6 Å². The van der Waals surface area contributed by atoms with Crippen LogP contribution in [0, 0.1) is 19.8 Å². The second-order valence-electron chi connectivity index (χ2n) is 9.92. The van der Waals surface area contributed by atoms with Crippen molar-refractivity contribution in [1.29, 1.82) is 0 Å². The van der Waals surface area contributed by atoms with Gasteiger partial charge < -0.3 is 20.5 Å². The van der Waals surface area contributed by atoms with Crippen molar-refractivity contribution in [3.8, 4) is 0 Å². The van der Waals surface area contributed by atoms with Crippen molar-refractivity contribution < 1.29 is 4.79 Å². The van der Waals surface area contributed by atoms with Gasteiger partial charge in [0.2, 0.25) is 0 Å². The van der Waals surface area contributed by atoms with Gasteiger partial charge in [-0.25, -0.2) is 0 Å². The molecule has 1 amide bonds. The molecule has 7 heteroatoms. The second kappa shape index (κ2) is 11.4. The first-order valence-electron chi connectivity index (χ1n) is 12.3. The molecule has 1 fully saturated rings. The number of aromatic amines is 1. The van der Waals surface area contributed by atoms with Gasteiger partial charge in [0.05, 0.1) is 0 Å². The highest BCUT2D eigenvalue weighted by Crippen LogP contribution is 2.32. The topological polar surface area (TPSA) is 77.2 Å². The highest BCUT2D eigenvalue weighted by Gasteiger charge is 2.27. The number of rotatable bonds is 8. The van der Waals surface area contributed by atoms with Crippen molar-refractivity contribution in [2.75, 3.05) is 19.4 Å². The summed E-state index contributed by atoms with van der Waals surface area (Å²) in [6.45, 7) is 8.18. The molecule has 0 spiro atoms. The molecular formula is C27H39ClN4O2. The first-order chi connectivity index (χ1) is 16.1. The molecule has 34 heavy (non-hydrogen) atoms. The van der Waals surface area contributed by atoms with E-state index in [-0.39, 0.29) is 24.1 Å². The molecular weight excluding hydrogens is 448 g/mol. The first kappa shape index (κ1) is 26.3. The van der Waals surface area contributed by atoms with E-state index in [1.165, 1.54) is 25.7 Å². The molecule has 0 bridgehead atoms. The lowest BCUT2D eigenvalue weighted by atomic mass is 9.81. The van der Waals surface area contributed by atoms with Crippen LogP contribution in [0.4, 0.5) is 5.69 Å². The number of amides is 1. The largest absolute Gasteiger partial charge is 0.382 e. The normalized spacial score (nSPS) is 19.2. The number of pyridine rings is 1. The predicted molar refractivity (Wildman–Crippen MR) is 141 cm³/mol. The Morgan fingerprint density at radius 2 is 1.82 bits per heavy atom. The third-order valence-corrected chi connectivity index (χ3v) is 7.51. The van der Waals surface area contributed by atoms with E-state index in [2.05, 4.69) is 41.5 Å². The summed E-state index contributed by atoms with van der Waals surface area (Å²) in [6, 6.07) is 6.51. The fraction of sp³-hybridized carbons (Fsp3) is 0.556. The van der Waals surface area contributed by atoms with Crippen LogP contribution in [0.15, 0.2) is 23.0 Å². The molecule has 6 nitrogen and oxygen atoms in total. The predicted octanol–water partition coefficient (Wildman–Crippen LogP) is 5.06. The van der Waals surface area contributed by atoms with Gasteiger partial charge in [-0.15, -0.1) is 0 Å². The summed E-state index contributed by atoms with van der Waals surface area (Å²) in [5.41, 5.74) is 4.50. The summed E-state index contributed by atoms with van der Waals surface area (Å²) < 4.78 is 0. The van der Waals surface area contributed by atoms with Gasteiger partial charge in [0.25, 0.3) is 11.5 Å². The van der Waals surface area contributed by atoms with E-state index >= 15 is 0 Å². The molecule has 2 aromatic rings. The van der Waals surface area contributed by atoms with Crippen LogP contribution in [-0.4, -0.2) is 42.0 Å². The molecule has 0 saturated heterocycles. The lowest BCUT2D eigenvalue weighted by molar-refractivity contribution is 0.0950. The number of hydrogen-bond acceptors (Lipinski definition) is 4. The minimum atomic E-state index is -0.221. The molecule has 1 heterocycles. The number of carbonyl (C=O) groups excluding carboxylic acids is 1. The summed E-state index contributed by atoms with van der Waals surface area (Å²) in [5.74, 6) is 0.370. The molecule has 1 aromatic carbocycles. The summed E-state index contributed by atoms with van der Waals surface area (Å²) in [5, 5.41) is 7.13. The van der Waals surface area contributed by atoms with Gasteiger partial charge in [-0.3, -0.25) is 9.59 Å². The number of aryl methyl sites for hydroxylation is 2. The van der Waals surface area contributed by atoms with E-state index in [9.17, 15) is 9.59 Å². The zero-order chi connectivity index (χ0) is 25.0. The van der Waals surface area contributed by atoms with E-state index in [1.807, 2.05) is 32.9 Å². The van der Waals surface area contributed by atoms with Gasteiger partial charge in [0.1, 0.15) is 0 Å². The SMILES string of the molecule is CCc1c(NC(C)[C@H]2CC[C@H](N(C)C)CC2)cc(Cl)cc1C(=O)NCc1c(C)cc(C)[nH]c1=O. The zero-order valence-electron chi connectivity index (χ0n) is 21.3. The van der Waals surface area contributed by atoms with Gasteiger partial charge in [-0.2, -0.15) is 0 Å². The lowest BCUT2D eigenvalue weighted by Gasteiger charge is -2.36. The minimum Gasteiger partial charge on any atom is -0.382 e. The summed E-state index contributed by atoms with van der Waals surface area (Å²) in [4.78, 5) is 30.6. The van der Waals surface area contributed by atoms with Crippen LogP contribution in [0.25, 0.3) is 0 Å². The Morgan fingerprint density at radius 1 is 1.15 bits per heavy atom. The van der Waals surface area contributed by atoms with Crippen LogP contribution in [0.1, 0.15) is 72.3 Å². The zero-order valence-corrected chi connectivity index (χ0v) is 22.1. The Bertz CT molecular complexity index is 1070. The van der Waals surface area contributed by atoms with Gasteiger partial charge in [0, 0.05) is 46.2 Å². The second-order valence-corrected chi connectivity index (χ2v) is 10.4. The Balaban J connectivity index is 1.75. The fourth-order valence-electron chi connectivity index (χ4n) is 5.20. The smallest absolute Gasteiger partial charge is 0.253 e. The number of H-pyrrole nitrogens is 1. The van der Waals surface area contributed by atoms with Crippen molar-refractivity contribution in [3.63, 3.8) is 0 Å². The number of benzene rings is 1. The van der Waals surface area contributed by atoms with E-state index in [0.717, 1.165) is 22.5 Å². The van der Waals surface area contributed by atoms with Crippen LogP contribution in [0.2, 0.25) is 5.02 Å². The monoisotopic (exact) mass is 486 g/mol. The minimum absolute atomic E-state index is 0.167. The maximum atomic E-state index is 13.2. The lowest BCUT2D eigenvalue weighted by Crippen LogP contribution is -2.36. The van der Waals surface area contributed by atoms with Crippen molar-refractivity contribution in [2.45, 2.75) is 78.4 Å². The summed E-state index contributed by atoms with van der Waals surface area (Å²) in [6.07, 6.45) is 5.51. The summed E-state index contributed by atoms with van der Waals surface area (Å²) >= 11 is 6.45. The van der Waals surface area contributed by atoms with E-state index in [1.54, 1.807) is 6.07 Å². The standard InChI is InChI=1S/C27H39ClN4O2/c1-7-22-23(26(33)29-15-24-16(2)12-17(3)30-27(24)34)13-20(28)14-25(22)31-18(4)19-8-10-21(11-9-19)32(5)6/h12-14,18-19,21,31H,7-11,15H2,1-6H3,(H,29,33)(H,30,34)/t18?,19-,21-. The Kier molecular flexibility index (Phi) is 8.83. The van der Waals surface area contributed by atoms with Gasteiger partial charge in [0.15, 0.2) is 0 Å². The number of hydrogen-bond donors (Lipinski definition) is 3. The van der Waals surface area contributed by atoms with Crippen LogP contribution in [0.3, 0.4) is 0 Å². The maximum Gasteiger partial charge on any atom is 0.253 e. The number of anilines is 1. The number of halogens is 1. The molecule has 186 valence electrons. The molecule has 3 rings (SSSR count). The molecule has 1 aliphatic rings. The quantitative estimate of drug-likeness (QED) is 0.487. The molecule has 1 atom stereocenters. The number of carbonyl (C=O) groups is 1. The van der Waals surface area contributed by atoms with E-state index in [4.69, 9.17) is 11.6 Å². The Hall–Kier alpha value is -2.31. The number of aromatic nitrogens is 1. The Morgan fingerprint density at radius 3 is 2.41 bits per heavy atom. The molecule has 3 N–H and O–H groups in total. The third-order valence-electron chi connectivity index (χ3n) is 7.29. The van der Waals surface area contributed by atoms with Gasteiger partial charge >= 0.3 is 0 Å². The number of nitrogens with zero attached hydrogens (tertiary/aromatic N) is 1. The molecule has 1 saturated carbocycles. The van der Waals surface area contributed by atoms with Crippen LogP contribution < -0.4 is 16.2 Å². The van der Waals surface area contributed by atoms with E-state index < -0.39 is 0 Å². The van der Waals surface area contributed by atoms with Crippen molar-refractivity contribution in [2.24, 2.45) is 5.92 Å². The molecule has 1 unspecified atom stereocenters. The van der Waals surface area contributed by atoms with E-state index in [0.29, 0.717) is 34.5 Å². The Labute approximate surface area is 208 Å². The summed E-state index contributed by atoms with van der Waals surface area (Å²) in [7, 11) is 4.32. The van der Waals surface area contributed by atoms with Gasteiger partial charge in [-0.05, 0) is 102 Å². The fourth-order valence-corrected chi connectivity index (χ4v) is 5.41. The number of nitrogens with one attached hydrogen (secondary N) is 3. The first-order valence-corrected chi connectivity index (χ1v) is 12.7. The van der Waals surface area contributed by atoms with Gasteiger partial charge in [-0.1, -0.05) is 18.5 Å². The average Bonchev–Trinajstić information content (AvgIpc) is 2.77. The third kappa shape index (κ3) is 6.22. The van der Waals surface area contributed by atoms with Crippen molar-refractivity contribution in [1.82, 2.24) is 15.2 Å². The molecule has 1 aromatic heterocycles. The molecule has 0 radical (unpaired) electrons. The van der Waals surface area contributed by atoms with Crippen LogP contribution in [0.5, 0.6) is 0 Å². The molecule has 0 aliphatic heterocycles. The van der Waals surface area contributed by atoms with Crippen molar-refractivity contribution >= 4 is 23.2 Å².